The number of aromatic nitrogens is 2. The summed E-state index contributed by atoms with van der Waals surface area (Å²) < 4.78 is 64.5. The second-order valence-corrected chi connectivity index (χ2v) is 18.5. The Kier molecular flexibility index (Phi) is 13.9. The van der Waals surface area contributed by atoms with E-state index in [1.807, 2.05) is 104 Å². The summed E-state index contributed by atoms with van der Waals surface area (Å²) in [7, 11) is 0. The minimum Gasteiger partial charge on any atom is -0.493 e. The van der Waals surface area contributed by atoms with Crippen LogP contribution >= 0.6 is 0 Å². The molecule has 0 saturated heterocycles. The van der Waals surface area contributed by atoms with Gasteiger partial charge in [0.05, 0.1) is 29.8 Å². The van der Waals surface area contributed by atoms with E-state index in [2.05, 4.69) is 4.98 Å². The number of aryl methyl sites for hydroxylation is 2. The van der Waals surface area contributed by atoms with Crippen LogP contribution in [-0.2, 0) is 31.9 Å². The molecule has 0 spiro atoms. The summed E-state index contributed by atoms with van der Waals surface area (Å²) >= 11 is 0. The molecule has 2 aromatic heterocycles. The summed E-state index contributed by atoms with van der Waals surface area (Å²) in [5.41, 5.74) is 5.66. The summed E-state index contributed by atoms with van der Waals surface area (Å²) in [5, 5.41) is 25.8. The van der Waals surface area contributed by atoms with Crippen LogP contribution in [0, 0.1) is 13.8 Å². The number of hydrogen-bond donors (Lipinski definition) is 2. The van der Waals surface area contributed by atoms with Crippen molar-refractivity contribution in [1.82, 2.24) is 9.97 Å². The van der Waals surface area contributed by atoms with Gasteiger partial charge in [-0.25, -0.2) is 22.8 Å². The number of nitrogens with zero attached hydrogens (tertiary/aromatic N) is 2. The Morgan fingerprint density at radius 3 is 1.47 bits per heavy atom. The SMILES string of the molecule is C.Cc1cc2ccccc2c(-c2ccc3c4c(ccnc24)CCO3)c1[C@H](OC(C)(C)CF)C(=O)O.Cc1cc2ccccc2c(-c2ccc3c4c(ccnc24)CCO3)c1[C@H](OC(C)(CF)CF)C(=O)O. The number of pyridine rings is 2. The first-order chi connectivity index (χ1) is 33.2. The highest BCUT2D eigenvalue weighted by Crippen LogP contribution is 2.47. The molecule has 10 rings (SSSR count). The average molecular weight is 953 g/mol. The number of hydrogen-bond acceptors (Lipinski definition) is 8. The Balaban J connectivity index is 0.000000186. The number of carbonyl (C=O) groups is 2. The van der Waals surface area contributed by atoms with Crippen molar-refractivity contribution in [2.45, 2.75) is 78.3 Å². The number of alkyl halides is 3. The largest absolute Gasteiger partial charge is 0.493 e. The third-order valence-electron chi connectivity index (χ3n) is 13.0. The van der Waals surface area contributed by atoms with Crippen molar-refractivity contribution >= 4 is 55.3 Å². The maximum atomic E-state index is 13.7. The Labute approximate surface area is 404 Å². The highest BCUT2D eigenvalue weighted by molar-refractivity contribution is 6.10. The molecular weight excluding hydrogens is 898 g/mol. The number of fused-ring (bicyclic) bond motifs is 2. The quantitative estimate of drug-likeness (QED) is 0.115. The van der Waals surface area contributed by atoms with Gasteiger partial charge in [-0.05, 0) is 126 Å². The summed E-state index contributed by atoms with van der Waals surface area (Å²) in [5.74, 6) is -0.988. The topological polar surface area (TPSA) is 137 Å². The van der Waals surface area contributed by atoms with E-state index < -0.39 is 55.4 Å². The second-order valence-electron chi connectivity index (χ2n) is 18.5. The monoisotopic (exact) mass is 952 g/mol. The van der Waals surface area contributed by atoms with Crippen LogP contribution in [0.1, 0.15) is 73.8 Å². The molecule has 362 valence electrons. The van der Waals surface area contributed by atoms with Gasteiger partial charge in [0.1, 0.15) is 37.1 Å². The van der Waals surface area contributed by atoms with Gasteiger partial charge in [0.25, 0.3) is 0 Å². The van der Waals surface area contributed by atoms with Crippen molar-refractivity contribution in [2.75, 3.05) is 33.2 Å². The van der Waals surface area contributed by atoms with E-state index in [1.165, 1.54) is 6.92 Å². The summed E-state index contributed by atoms with van der Waals surface area (Å²) in [6.07, 6.45) is 2.10. The first-order valence-corrected chi connectivity index (χ1v) is 22.8. The van der Waals surface area contributed by atoms with Gasteiger partial charge in [0, 0.05) is 58.3 Å². The van der Waals surface area contributed by atoms with Gasteiger partial charge >= 0.3 is 11.9 Å². The predicted octanol–water partition coefficient (Wildman–Crippen LogP) is 13.0. The second kappa shape index (κ2) is 19.7. The lowest BCUT2D eigenvalue weighted by molar-refractivity contribution is -0.167. The first kappa shape index (κ1) is 49.3. The average Bonchev–Trinajstić information content (AvgIpc) is 3.35. The van der Waals surface area contributed by atoms with Gasteiger partial charge in [-0.15, -0.1) is 0 Å². The van der Waals surface area contributed by atoms with Gasteiger partial charge in [-0.1, -0.05) is 68.1 Å². The van der Waals surface area contributed by atoms with Crippen LogP contribution in [0.2, 0.25) is 0 Å². The molecule has 0 fully saturated rings. The van der Waals surface area contributed by atoms with Crippen LogP contribution in [0.4, 0.5) is 13.2 Å². The molecule has 0 aliphatic carbocycles. The first-order valence-electron chi connectivity index (χ1n) is 22.8. The number of halogens is 3. The molecule has 70 heavy (non-hydrogen) atoms. The van der Waals surface area contributed by atoms with E-state index in [4.69, 9.17) is 23.9 Å². The van der Waals surface area contributed by atoms with Gasteiger partial charge in [-0.3, -0.25) is 9.97 Å². The molecule has 13 heteroatoms. The summed E-state index contributed by atoms with van der Waals surface area (Å²) in [6.45, 7) is 6.06. The van der Waals surface area contributed by atoms with Crippen molar-refractivity contribution in [3.05, 3.63) is 143 Å². The van der Waals surface area contributed by atoms with Crippen LogP contribution in [0.5, 0.6) is 11.5 Å². The van der Waals surface area contributed by atoms with Gasteiger partial charge in [0.15, 0.2) is 12.2 Å². The molecule has 0 radical (unpaired) electrons. The van der Waals surface area contributed by atoms with E-state index in [9.17, 15) is 33.0 Å². The standard InChI is InChI=1S/C28H25F2NO4.C28H26FNO4.CH4/c1-16-13-18-5-3-4-6-19(18)24(22(16)26(27(32)33)35-28(2,14-29)15-30)20-7-8-21-23-17(10-12-34-21)9-11-31-25(20)23;1-16-14-18-6-4-5-7-19(18)24(22(16)26(27(31)32)34-28(2,3)15-29)20-8-9-21-23-17(11-13-33-21)10-12-30-25(20)23;/h3-9,11,13,26H,10,12,14-15H2,1-2H3,(H,32,33);4-10,12,14,26H,11,13,15H2,1-3H3,(H,31,32);1H4/t2*26-;/m00./s1. The zero-order valence-electron chi connectivity index (χ0n) is 38.9. The Morgan fingerprint density at radius 2 is 1.06 bits per heavy atom. The molecule has 0 saturated carbocycles. The maximum absolute atomic E-state index is 13.7. The lowest BCUT2D eigenvalue weighted by Crippen LogP contribution is -2.38. The Hall–Kier alpha value is -7.09. The number of rotatable bonds is 13. The van der Waals surface area contributed by atoms with Crippen molar-refractivity contribution in [2.24, 2.45) is 0 Å². The minimum absolute atomic E-state index is 0. The van der Waals surface area contributed by atoms with Crippen molar-refractivity contribution in [1.29, 1.82) is 0 Å². The van der Waals surface area contributed by atoms with E-state index >= 15 is 0 Å². The van der Waals surface area contributed by atoms with E-state index in [1.54, 1.807) is 33.2 Å². The maximum Gasteiger partial charge on any atom is 0.337 e. The van der Waals surface area contributed by atoms with Crippen LogP contribution < -0.4 is 9.47 Å². The lowest BCUT2D eigenvalue weighted by atomic mass is 9.85. The molecule has 0 unspecified atom stereocenters. The molecule has 10 nitrogen and oxygen atoms in total. The fourth-order valence-corrected chi connectivity index (χ4v) is 9.67. The predicted molar refractivity (Wildman–Crippen MR) is 267 cm³/mol. The zero-order chi connectivity index (χ0) is 48.8. The summed E-state index contributed by atoms with van der Waals surface area (Å²) in [4.78, 5) is 34.4. The number of carboxylic acid groups (broad SMARTS) is 2. The molecule has 2 N–H and O–H groups in total. The number of benzene rings is 6. The smallest absolute Gasteiger partial charge is 0.337 e. The molecule has 4 heterocycles. The molecule has 0 bridgehead atoms. The van der Waals surface area contributed by atoms with Crippen LogP contribution in [0.15, 0.2) is 109 Å². The summed E-state index contributed by atoms with van der Waals surface area (Å²) in [6, 6.07) is 30.9. The van der Waals surface area contributed by atoms with E-state index in [0.717, 1.165) is 90.0 Å². The third-order valence-corrected chi connectivity index (χ3v) is 13.0. The van der Waals surface area contributed by atoms with Crippen molar-refractivity contribution < 1.29 is 51.9 Å². The molecular formula is C57H55F3N2O8. The molecule has 8 aromatic rings. The van der Waals surface area contributed by atoms with Crippen LogP contribution in [0.25, 0.3) is 65.6 Å². The van der Waals surface area contributed by atoms with E-state index in [-0.39, 0.29) is 7.43 Å². The molecule has 0 amide bonds. The van der Waals surface area contributed by atoms with Gasteiger partial charge < -0.3 is 29.2 Å². The fraction of sp³-hybridized carbons (Fsp3) is 0.298. The molecule has 6 aromatic carbocycles. The van der Waals surface area contributed by atoms with Gasteiger partial charge in [0.2, 0.25) is 0 Å². The highest BCUT2D eigenvalue weighted by Gasteiger charge is 2.38. The van der Waals surface area contributed by atoms with Crippen molar-refractivity contribution in [3.63, 3.8) is 0 Å². The third kappa shape index (κ3) is 8.99. The fourth-order valence-electron chi connectivity index (χ4n) is 9.67. The Bertz CT molecular complexity index is 3300. The molecule has 2 aliphatic heterocycles. The van der Waals surface area contributed by atoms with Gasteiger partial charge in [-0.2, -0.15) is 0 Å². The van der Waals surface area contributed by atoms with E-state index in [0.29, 0.717) is 46.5 Å². The van der Waals surface area contributed by atoms with Crippen LogP contribution in [0.3, 0.4) is 0 Å². The molecule has 2 atom stereocenters. The van der Waals surface area contributed by atoms with Crippen LogP contribution in [-0.4, -0.2) is 76.6 Å². The minimum atomic E-state index is -1.88. The number of aliphatic carboxylic acids is 2. The lowest BCUT2D eigenvalue weighted by Gasteiger charge is -2.30. The highest BCUT2D eigenvalue weighted by atomic mass is 19.1. The molecule has 2 aliphatic rings. The zero-order valence-corrected chi connectivity index (χ0v) is 38.9. The Morgan fingerprint density at radius 1 is 0.629 bits per heavy atom. The van der Waals surface area contributed by atoms with Crippen molar-refractivity contribution in [3.8, 4) is 33.8 Å². The normalized spacial score (nSPS) is 14.0. The number of ether oxygens (including phenoxy) is 4. The number of carboxylic acids is 2.